The number of rotatable bonds is 13. The number of carbonyl (C=O) groups excluding carboxylic acids is 3. The van der Waals surface area contributed by atoms with Gasteiger partial charge in [-0.25, -0.2) is 23.3 Å². The number of nitrogens with two attached hydrogens (primary N) is 1. The minimum Gasteiger partial charge on any atom is -0.465 e. The molecule has 15 heteroatoms. The summed E-state index contributed by atoms with van der Waals surface area (Å²) < 4.78 is 29.5. The average molecular weight is 644 g/mol. The Labute approximate surface area is 255 Å². The molecule has 2 heterocycles. The molecule has 0 fully saturated rings. The van der Waals surface area contributed by atoms with E-state index in [1.807, 2.05) is 0 Å². The molecule has 43 heavy (non-hydrogen) atoms. The second-order valence-corrected chi connectivity index (χ2v) is 12.7. The number of fused-ring (bicyclic) bond motifs is 1. The number of amides is 2. The average Bonchev–Trinajstić information content (AvgIpc) is 3.46. The van der Waals surface area contributed by atoms with Crippen LogP contribution in [0, 0.1) is 0 Å². The lowest BCUT2D eigenvalue weighted by Gasteiger charge is -2.13. The van der Waals surface area contributed by atoms with Gasteiger partial charge in [-0.15, -0.1) is 11.3 Å². The van der Waals surface area contributed by atoms with Crippen LogP contribution in [0.5, 0.6) is 0 Å². The smallest absolute Gasteiger partial charge is 0.339 e. The molecule has 0 aliphatic carbocycles. The van der Waals surface area contributed by atoms with Crippen LogP contribution in [0.3, 0.4) is 0 Å². The van der Waals surface area contributed by atoms with Gasteiger partial charge >= 0.3 is 5.97 Å². The number of ether oxygens (including phenoxy) is 1. The summed E-state index contributed by atoms with van der Waals surface area (Å²) in [5, 5.41) is 12.7. The molecule has 0 saturated heterocycles. The van der Waals surface area contributed by atoms with Gasteiger partial charge in [0.1, 0.15) is 4.70 Å². The molecular formula is C28H29N5O7S3. The molecule has 0 spiro atoms. The Kier molecular flexibility index (Phi) is 10.7. The van der Waals surface area contributed by atoms with Crippen molar-refractivity contribution in [1.82, 2.24) is 14.9 Å². The Hall–Kier alpha value is -4.05. The lowest BCUT2D eigenvalue weighted by atomic mass is 10.1. The van der Waals surface area contributed by atoms with E-state index in [0.29, 0.717) is 40.4 Å². The molecule has 12 nitrogen and oxygen atoms in total. The Morgan fingerprint density at radius 1 is 1.07 bits per heavy atom. The van der Waals surface area contributed by atoms with E-state index < -0.39 is 21.9 Å². The molecule has 0 aliphatic rings. The van der Waals surface area contributed by atoms with Gasteiger partial charge in [-0.1, -0.05) is 36.0 Å². The van der Waals surface area contributed by atoms with E-state index in [0.717, 1.165) is 17.3 Å². The van der Waals surface area contributed by atoms with E-state index in [-0.39, 0.29) is 40.6 Å². The van der Waals surface area contributed by atoms with Crippen molar-refractivity contribution >= 4 is 66.8 Å². The van der Waals surface area contributed by atoms with Crippen LogP contribution in [0.4, 0.5) is 5.69 Å². The van der Waals surface area contributed by atoms with Gasteiger partial charge in [0.15, 0.2) is 5.16 Å². The molecule has 0 unspecified atom stereocenters. The number of methoxy groups -OCH3 is 1. The third kappa shape index (κ3) is 8.50. The molecule has 226 valence electrons. The highest BCUT2D eigenvalue weighted by molar-refractivity contribution is 7.99. The number of hydrogen-bond acceptors (Lipinski definition) is 10. The molecule has 4 rings (SSSR count). The highest BCUT2D eigenvalue weighted by atomic mass is 32.2. The van der Waals surface area contributed by atoms with E-state index in [9.17, 15) is 27.6 Å². The summed E-state index contributed by atoms with van der Waals surface area (Å²) in [6, 6.07) is 14.3. The first-order valence-corrected chi connectivity index (χ1v) is 16.4. The van der Waals surface area contributed by atoms with E-state index in [4.69, 9.17) is 9.88 Å². The van der Waals surface area contributed by atoms with Crippen LogP contribution in [0.1, 0.15) is 28.8 Å². The fourth-order valence-electron chi connectivity index (χ4n) is 4.11. The summed E-state index contributed by atoms with van der Waals surface area (Å²) in [6.45, 7) is 0.572. The molecule has 0 saturated carbocycles. The van der Waals surface area contributed by atoms with Gasteiger partial charge < -0.3 is 15.4 Å². The topological polar surface area (TPSA) is 180 Å². The third-order valence-corrected chi connectivity index (χ3v) is 9.04. The first kappa shape index (κ1) is 31.9. The maximum atomic E-state index is 13.2. The zero-order valence-electron chi connectivity index (χ0n) is 23.1. The Balaban J connectivity index is 1.33. The first-order chi connectivity index (χ1) is 20.6. The summed E-state index contributed by atoms with van der Waals surface area (Å²) in [5.74, 6) is -1.25. The van der Waals surface area contributed by atoms with Crippen molar-refractivity contribution in [2.24, 2.45) is 5.14 Å². The predicted molar refractivity (Wildman–Crippen MR) is 165 cm³/mol. The van der Waals surface area contributed by atoms with E-state index in [2.05, 4.69) is 15.6 Å². The number of carbonyl (C=O) groups is 3. The summed E-state index contributed by atoms with van der Waals surface area (Å²) >= 11 is 2.35. The van der Waals surface area contributed by atoms with Gasteiger partial charge in [0.25, 0.3) is 5.56 Å². The first-order valence-electron chi connectivity index (χ1n) is 13.0. The lowest BCUT2D eigenvalue weighted by molar-refractivity contribution is -0.121. The summed E-state index contributed by atoms with van der Waals surface area (Å²) in [6.07, 6.45) is 1.02. The van der Waals surface area contributed by atoms with Crippen molar-refractivity contribution in [2.45, 2.75) is 35.9 Å². The van der Waals surface area contributed by atoms with Gasteiger partial charge in [0.05, 0.1) is 34.5 Å². The van der Waals surface area contributed by atoms with Crippen molar-refractivity contribution in [3.05, 3.63) is 81.5 Å². The molecule has 0 bridgehead atoms. The highest BCUT2D eigenvalue weighted by Crippen LogP contribution is 2.22. The normalized spacial score (nSPS) is 11.3. The van der Waals surface area contributed by atoms with Gasteiger partial charge in [0, 0.05) is 19.5 Å². The van der Waals surface area contributed by atoms with Crippen molar-refractivity contribution in [2.75, 3.05) is 24.7 Å². The van der Waals surface area contributed by atoms with Gasteiger partial charge in [-0.3, -0.25) is 19.0 Å². The summed E-state index contributed by atoms with van der Waals surface area (Å²) in [7, 11) is -2.51. The summed E-state index contributed by atoms with van der Waals surface area (Å²) in [5.41, 5.74) is 1.65. The number of primary sulfonamides is 1. The van der Waals surface area contributed by atoms with Crippen molar-refractivity contribution in [1.29, 1.82) is 0 Å². The van der Waals surface area contributed by atoms with Crippen LogP contribution >= 0.6 is 23.1 Å². The minimum absolute atomic E-state index is 0.0211. The number of hydrogen-bond donors (Lipinski definition) is 3. The number of thioether (sulfide) groups is 1. The number of aromatic nitrogens is 2. The fourth-order valence-corrected chi connectivity index (χ4v) is 6.22. The van der Waals surface area contributed by atoms with E-state index in [1.54, 1.807) is 47.8 Å². The van der Waals surface area contributed by atoms with Gasteiger partial charge in [0.2, 0.25) is 21.8 Å². The Morgan fingerprint density at radius 3 is 2.53 bits per heavy atom. The SMILES string of the molecule is COC(=O)c1ccccc1NC(=O)CSc1nc2ccsc2c(=O)n1CCCC(=O)NCCc1ccc(S(N)(=O)=O)cc1. The Bertz CT molecular complexity index is 1800. The van der Waals surface area contributed by atoms with Crippen molar-refractivity contribution in [3.8, 4) is 0 Å². The monoisotopic (exact) mass is 643 g/mol. The molecule has 2 amide bonds. The maximum Gasteiger partial charge on any atom is 0.339 e. The Morgan fingerprint density at radius 2 is 1.81 bits per heavy atom. The zero-order chi connectivity index (χ0) is 31.0. The largest absolute Gasteiger partial charge is 0.465 e. The van der Waals surface area contributed by atoms with Crippen LogP contribution in [0.25, 0.3) is 10.2 Å². The van der Waals surface area contributed by atoms with Crippen LogP contribution in [0.2, 0.25) is 0 Å². The molecule has 4 N–H and O–H groups in total. The van der Waals surface area contributed by atoms with Crippen LogP contribution in [-0.4, -0.2) is 55.2 Å². The van der Waals surface area contributed by atoms with Crippen LogP contribution in [-0.2, 0) is 37.3 Å². The summed E-state index contributed by atoms with van der Waals surface area (Å²) in [4.78, 5) is 55.0. The fraction of sp³-hybridized carbons (Fsp3) is 0.250. The molecular weight excluding hydrogens is 615 g/mol. The molecule has 2 aromatic heterocycles. The lowest BCUT2D eigenvalue weighted by Crippen LogP contribution is -2.27. The number of thiophene rings is 1. The standard InChI is InChI=1S/C28H29N5O7S3/c1-40-27(37)20-5-2-3-6-21(20)31-24(35)17-42-28-32-22-13-16-41-25(22)26(36)33(28)15-4-7-23(34)30-14-12-18-8-10-19(11-9-18)43(29,38)39/h2-3,5-6,8-11,13,16H,4,7,12,14-15,17H2,1H3,(H,30,34)(H,31,35)(H2,29,38,39). The molecule has 0 atom stereocenters. The quantitative estimate of drug-likeness (QED) is 0.112. The number of para-hydroxylation sites is 1. The third-order valence-electron chi connectivity index (χ3n) is 6.24. The van der Waals surface area contributed by atoms with E-state index in [1.165, 1.54) is 35.1 Å². The number of benzene rings is 2. The zero-order valence-corrected chi connectivity index (χ0v) is 25.5. The number of nitrogens with one attached hydrogen (secondary N) is 2. The van der Waals surface area contributed by atoms with Gasteiger partial charge in [-0.05, 0) is 54.1 Å². The van der Waals surface area contributed by atoms with Crippen LogP contribution < -0.4 is 21.3 Å². The molecule has 2 aromatic carbocycles. The second kappa shape index (κ2) is 14.4. The van der Waals surface area contributed by atoms with Gasteiger partial charge in [-0.2, -0.15) is 0 Å². The molecule has 0 radical (unpaired) electrons. The number of anilines is 1. The number of sulfonamides is 1. The number of esters is 1. The van der Waals surface area contributed by atoms with Crippen LogP contribution in [0.15, 0.2) is 74.8 Å². The molecule has 4 aromatic rings. The molecule has 0 aliphatic heterocycles. The van der Waals surface area contributed by atoms with Crippen molar-refractivity contribution in [3.63, 3.8) is 0 Å². The predicted octanol–water partition coefficient (Wildman–Crippen LogP) is 2.76. The second-order valence-electron chi connectivity index (χ2n) is 9.25. The van der Waals surface area contributed by atoms with E-state index >= 15 is 0 Å². The highest BCUT2D eigenvalue weighted by Gasteiger charge is 2.17. The maximum absolute atomic E-state index is 13.2. The minimum atomic E-state index is -3.76. The number of nitrogens with zero attached hydrogens (tertiary/aromatic N) is 2. The van der Waals surface area contributed by atoms with Crippen molar-refractivity contribution < 1.29 is 27.5 Å².